The second-order valence-electron chi connectivity index (χ2n) is 17.7. The van der Waals surface area contributed by atoms with Gasteiger partial charge in [-0.15, -0.1) is 0 Å². The summed E-state index contributed by atoms with van der Waals surface area (Å²) in [6.45, 7) is 6.26. The standard InChI is InChI=1S/C65H100O6/c1-4-7-10-13-16-19-22-25-28-31-32-35-38-41-44-47-50-53-56-59-65(68)71-62(60-69-63(66)57-54-51-48-45-42-39-36-33-29-26-23-20-17-14-11-8-5-2)61-70-64(67)58-55-52-49-46-43-40-37-34-30-27-24-21-18-15-12-9-6-3/h7-8,10-11,16-21,25-30,32,35-37,39-41,44,50,53,62H,4-6,9,12-15,22-24,31,33-34,38,42-43,45-49,51-52,54-61H2,1-3H3/b10-7-,11-8-,19-16-,20-17-,21-18-,28-25-,29-26-,30-27-,35-32-,39-36-,40-37-,44-41-,53-50-/t62-/m1/s1. The fourth-order valence-electron chi connectivity index (χ4n) is 6.88. The van der Waals surface area contributed by atoms with E-state index in [-0.39, 0.29) is 31.6 Å². The maximum Gasteiger partial charge on any atom is 0.306 e. The predicted molar refractivity (Wildman–Crippen MR) is 306 cm³/mol. The summed E-state index contributed by atoms with van der Waals surface area (Å²) >= 11 is 0. The summed E-state index contributed by atoms with van der Waals surface area (Å²) < 4.78 is 16.7. The first-order chi connectivity index (χ1) is 35.0. The van der Waals surface area contributed by atoms with Gasteiger partial charge in [-0.05, 0) is 135 Å². The maximum absolute atomic E-state index is 12.8. The van der Waals surface area contributed by atoms with Crippen molar-refractivity contribution in [3.63, 3.8) is 0 Å². The Bertz CT molecular complexity index is 1640. The monoisotopic (exact) mass is 977 g/mol. The molecule has 0 saturated heterocycles. The Morgan fingerprint density at radius 2 is 0.577 bits per heavy atom. The highest BCUT2D eigenvalue weighted by Gasteiger charge is 2.19. The molecule has 0 unspecified atom stereocenters. The molecule has 0 aliphatic rings. The molecule has 0 bridgehead atoms. The summed E-state index contributed by atoms with van der Waals surface area (Å²) in [7, 11) is 0. The molecule has 0 aromatic carbocycles. The van der Waals surface area contributed by atoms with Gasteiger partial charge >= 0.3 is 17.9 Å². The Hall–Kier alpha value is -4.97. The van der Waals surface area contributed by atoms with E-state index in [1.165, 1.54) is 25.7 Å². The third-order valence-electron chi connectivity index (χ3n) is 11.0. The zero-order valence-electron chi connectivity index (χ0n) is 45.2. The molecule has 0 aromatic rings. The van der Waals surface area contributed by atoms with E-state index in [0.29, 0.717) is 19.3 Å². The molecule has 0 N–H and O–H groups in total. The van der Waals surface area contributed by atoms with E-state index >= 15 is 0 Å². The van der Waals surface area contributed by atoms with Crippen molar-refractivity contribution < 1.29 is 28.6 Å². The number of hydrogen-bond donors (Lipinski definition) is 0. The van der Waals surface area contributed by atoms with Gasteiger partial charge in [0.25, 0.3) is 0 Å². The third kappa shape index (κ3) is 55.8. The molecule has 0 aliphatic heterocycles. The number of allylic oxidation sites excluding steroid dienone is 26. The molecule has 71 heavy (non-hydrogen) atoms. The van der Waals surface area contributed by atoms with Crippen LogP contribution in [0.5, 0.6) is 0 Å². The van der Waals surface area contributed by atoms with Gasteiger partial charge in [0.05, 0.1) is 0 Å². The van der Waals surface area contributed by atoms with Crippen molar-refractivity contribution in [2.24, 2.45) is 0 Å². The smallest absolute Gasteiger partial charge is 0.306 e. The van der Waals surface area contributed by atoms with Gasteiger partial charge in [-0.2, -0.15) is 0 Å². The van der Waals surface area contributed by atoms with Crippen molar-refractivity contribution in [3.05, 3.63) is 158 Å². The zero-order valence-corrected chi connectivity index (χ0v) is 45.2. The van der Waals surface area contributed by atoms with Gasteiger partial charge in [0, 0.05) is 19.3 Å². The van der Waals surface area contributed by atoms with Crippen LogP contribution in [0.15, 0.2) is 158 Å². The minimum Gasteiger partial charge on any atom is -0.462 e. The number of hydrogen-bond acceptors (Lipinski definition) is 6. The summed E-state index contributed by atoms with van der Waals surface area (Å²) in [4.78, 5) is 38.1. The normalized spacial score (nSPS) is 13.3. The van der Waals surface area contributed by atoms with Gasteiger partial charge in [0.2, 0.25) is 0 Å². The van der Waals surface area contributed by atoms with E-state index in [1.807, 2.05) is 12.2 Å². The summed E-state index contributed by atoms with van der Waals surface area (Å²) in [5.74, 6) is -1.07. The lowest BCUT2D eigenvalue weighted by Crippen LogP contribution is -2.30. The fourth-order valence-corrected chi connectivity index (χ4v) is 6.88. The molecule has 6 heteroatoms. The number of esters is 3. The number of carbonyl (C=O) groups is 3. The van der Waals surface area contributed by atoms with Crippen molar-refractivity contribution in [3.8, 4) is 0 Å². The maximum atomic E-state index is 12.8. The lowest BCUT2D eigenvalue weighted by Gasteiger charge is -2.18. The average Bonchev–Trinajstić information content (AvgIpc) is 3.37. The van der Waals surface area contributed by atoms with Crippen LogP contribution in [-0.4, -0.2) is 37.2 Å². The van der Waals surface area contributed by atoms with E-state index in [4.69, 9.17) is 14.2 Å². The molecule has 0 saturated carbocycles. The van der Waals surface area contributed by atoms with Crippen LogP contribution in [0.3, 0.4) is 0 Å². The zero-order chi connectivity index (χ0) is 51.4. The molecular formula is C65H100O6. The lowest BCUT2D eigenvalue weighted by atomic mass is 10.1. The minimum absolute atomic E-state index is 0.135. The quantitative estimate of drug-likeness (QED) is 0.0262. The van der Waals surface area contributed by atoms with Crippen LogP contribution < -0.4 is 0 Å². The lowest BCUT2D eigenvalue weighted by molar-refractivity contribution is -0.166. The molecule has 0 amide bonds. The van der Waals surface area contributed by atoms with E-state index < -0.39 is 12.1 Å². The Balaban J connectivity index is 4.63. The summed E-state index contributed by atoms with van der Waals surface area (Å²) in [6.07, 6.45) is 83.8. The molecule has 6 nitrogen and oxygen atoms in total. The molecule has 0 spiro atoms. The second-order valence-corrected chi connectivity index (χ2v) is 17.7. The van der Waals surface area contributed by atoms with Crippen molar-refractivity contribution >= 4 is 17.9 Å². The van der Waals surface area contributed by atoms with Crippen LogP contribution in [0.25, 0.3) is 0 Å². The van der Waals surface area contributed by atoms with Crippen LogP contribution in [0.4, 0.5) is 0 Å². The van der Waals surface area contributed by atoms with Gasteiger partial charge in [-0.3, -0.25) is 14.4 Å². The molecule has 1 atom stereocenters. The molecule has 0 aromatic heterocycles. The Morgan fingerprint density at radius 1 is 0.296 bits per heavy atom. The first-order valence-corrected chi connectivity index (χ1v) is 28.0. The average molecular weight is 978 g/mol. The Morgan fingerprint density at radius 3 is 0.901 bits per heavy atom. The van der Waals surface area contributed by atoms with Crippen LogP contribution in [0.2, 0.25) is 0 Å². The molecular weight excluding hydrogens is 877 g/mol. The minimum atomic E-state index is -0.847. The van der Waals surface area contributed by atoms with Crippen molar-refractivity contribution in [2.45, 2.75) is 219 Å². The first-order valence-electron chi connectivity index (χ1n) is 28.0. The fraction of sp³-hybridized carbons (Fsp3) is 0.554. The molecule has 0 radical (unpaired) electrons. The van der Waals surface area contributed by atoms with Crippen molar-refractivity contribution in [1.82, 2.24) is 0 Å². The number of ether oxygens (including phenoxy) is 3. The summed E-state index contributed by atoms with van der Waals surface area (Å²) in [5, 5.41) is 0. The van der Waals surface area contributed by atoms with Gasteiger partial charge < -0.3 is 14.2 Å². The molecule has 0 fully saturated rings. The van der Waals surface area contributed by atoms with Gasteiger partial charge in [0.15, 0.2) is 6.10 Å². The molecule has 0 rings (SSSR count). The van der Waals surface area contributed by atoms with E-state index in [1.54, 1.807) is 0 Å². The van der Waals surface area contributed by atoms with Gasteiger partial charge in [-0.25, -0.2) is 0 Å². The topological polar surface area (TPSA) is 78.9 Å². The summed E-state index contributed by atoms with van der Waals surface area (Å²) in [5.41, 5.74) is 0. The summed E-state index contributed by atoms with van der Waals surface area (Å²) in [6, 6.07) is 0. The number of unbranched alkanes of at least 4 members (excludes halogenated alkanes) is 11. The highest BCUT2D eigenvalue weighted by Crippen LogP contribution is 2.11. The highest BCUT2D eigenvalue weighted by molar-refractivity contribution is 5.71. The molecule has 0 heterocycles. The van der Waals surface area contributed by atoms with Gasteiger partial charge in [-0.1, -0.05) is 217 Å². The third-order valence-corrected chi connectivity index (χ3v) is 11.0. The van der Waals surface area contributed by atoms with Crippen molar-refractivity contribution in [1.29, 1.82) is 0 Å². The molecule has 0 aliphatic carbocycles. The van der Waals surface area contributed by atoms with Crippen LogP contribution >= 0.6 is 0 Å². The second kappa shape index (κ2) is 57.6. The molecule has 396 valence electrons. The largest absolute Gasteiger partial charge is 0.462 e. The van der Waals surface area contributed by atoms with Gasteiger partial charge in [0.1, 0.15) is 13.2 Å². The predicted octanol–water partition coefficient (Wildman–Crippen LogP) is 19.0. The number of carbonyl (C=O) groups excluding carboxylic acids is 3. The Kier molecular flexibility index (Phi) is 53.6. The Labute approximate surface area is 435 Å². The SMILES string of the molecule is CC/C=C\C/C=C\C/C=C\C/C=C\C/C=C\C/C=C\CCC(=O)O[C@H](COC(=O)CCCCCC/C=C\C/C=C\C/C=C\C/C=C\CC)COC(=O)CCCCCC/C=C\C/C=C\C/C=C\CCCCC. The van der Waals surface area contributed by atoms with Crippen LogP contribution in [0, 0.1) is 0 Å². The highest BCUT2D eigenvalue weighted by atomic mass is 16.6. The van der Waals surface area contributed by atoms with Crippen LogP contribution in [0.1, 0.15) is 213 Å². The van der Waals surface area contributed by atoms with E-state index in [2.05, 4.69) is 167 Å². The van der Waals surface area contributed by atoms with E-state index in [0.717, 1.165) is 141 Å². The van der Waals surface area contributed by atoms with E-state index in [9.17, 15) is 14.4 Å². The number of rotatable bonds is 48. The first kappa shape index (κ1) is 66.0. The van der Waals surface area contributed by atoms with Crippen LogP contribution in [-0.2, 0) is 28.6 Å². The van der Waals surface area contributed by atoms with Crippen molar-refractivity contribution in [2.75, 3.05) is 13.2 Å².